The topological polar surface area (TPSA) is 69.9 Å². The van der Waals surface area contributed by atoms with Gasteiger partial charge in [-0.05, 0) is 19.1 Å². The Kier molecular flexibility index (Phi) is 2.90. The van der Waals surface area contributed by atoms with Gasteiger partial charge in [0.2, 0.25) is 5.82 Å². The number of carbonyl (C=O) groups excluding carboxylic acids is 1. The highest BCUT2D eigenvalue weighted by molar-refractivity contribution is 5.85. The molecule has 0 saturated carbocycles. The van der Waals surface area contributed by atoms with Gasteiger partial charge in [0.1, 0.15) is 12.1 Å². The average Bonchev–Trinajstić information content (AvgIpc) is 2.89. The third-order valence-corrected chi connectivity index (χ3v) is 2.91. The maximum absolute atomic E-state index is 11.6. The van der Waals surface area contributed by atoms with Crippen LogP contribution in [0, 0.1) is 6.92 Å². The lowest BCUT2D eigenvalue weighted by molar-refractivity contribution is 0.0586. The van der Waals surface area contributed by atoms with Crippen LogP contribution in [0.25, 0.3) is 16.9 Å². The number of hydrogen-bond acceptors (Lipinski definition) is 5. The van der Waals surface area contributed by atoms with Gasteiger partial charge < -0.3 is 4.74 Å². The van der Waals surface area contributed by atoms with Gasteiger partial charge in [0.25, 0.3) is 0 Å². The predicted molar refractivity (Wildman–Crippen MR) is 72.7 cm³/mol. The van der Waals surface area contributed by atoms with E-state index in [0.717, 1.165) is 11.0 Å². The van der Waals surface area contributed by atoms with Crippen LogP contribution in [0.4, 0.5) is 0 Å². The van der Waals surface area contributed by atoms with Crippen LogP contribution in [0.15, 0.2) is 36.7 Å². The first-order chi connectivity index (χ1) is 9.69. The van der Waals surface area contributed by atoms with Crippen molar-refractivity contribution in [3.63, 3.8) is 0 Å². The van der Waals surface area contributed by atoms with Gasteiger partial charge in [-0.25, -0.2) is 19.7 Å². The van der Waals surface area contributed by atoms with E-state index >= 15 is 0 Å². The molecule has 0 atom stereocenters. The zero-order chi connectivity index (χ0) is 14.1. The van der Waals surface area contributed by atoms with Crippen LogP contribution in [0.2, 0.25) is 0 Å². The summed E-state index contributed by atoms with van der Waals surface area (Å²) >= 11 is 0. The van der Waals surface area contributed by atoms with Gasteiger partial charge in [0.15, 0.2) is 0 Å². The van der Waals surface area contributed by atoms with Crippen molar-refractivity contribution in [2.24, 2.45) is 0 Å². The van der Waals surface area contributed by atoms with Gasteiger partial charge in [0, 0.05) is 11.8 Å². The lowest BCUT2D eigenvalue weighted by Gasteiger charge is -2.06. The molecule has 1 aromatic carbocycles. The van der Waals surface area contributed by atoms with Crippen LogP contribution < -0.4 is 0 Å². The lowest BCUT2D eigenvalue weighted by Crippen LogP contribution is -2.11. The summed E-state index contributed by atoms with van der Waals surface area (Å²) in [6, 6.07) is 9.50. The third kappa shape index (κ3) is 2.01. The number of fused-ring (bicyclic) bond motifs is 1. The van der Waals surface area contributed by atoms with Crippen LogP contribution in [-0.2, 0) is 4.74 Å². The fourth-order valence-electron chi connectivity index (χ4n) is 2.00. The Morgan fingerprint density at radius 2 is 2.05 bits per heavy atom. The predicted octanol–water partition coefficient (Wildman–Crippen LogP) is 1.91. The summed E-state index contributed by atoms with van der Waals surface area (Å²) in [6.45, 7) is 1.80. The fourth-order valence-corrected chi connectivity index (χ4v) is 2.00. The van der Waals surface area contributed by atoms with Crippen molar-refractivity contribution in [2.75, 3.05) is 7.11 Å². The first-order valence-electron chi connectivity index (χ1n) is 6.05. The number of para-hydroxylation sites is 2. The molecule has 0 aliphatic carbocycles. The molecule has 20 heavy (non-hydrogen) atoms. The van der Waals surface area contributed by atoms with Crippen molar-refractivity contribution >= 4 is 17.0 Å². The van der Waals surface area contributed by atoms with Gasteiger partial charge >= 0.3 is 5.97 Å². The number of benzene rings is 1. The minimum absolute atomic E-state index is 0.0419. The summed E-state index contributed by atoms with van der Waals surface area (Å²) < 4.78 is 6.48. The SMILES string of the molecule is COC(=O)c1nc(C)cc(-n2cnc3ccccc32)n1. The minimum Gasteiger partial charge on any atom is -0.463 e. The Morgan fingerprint density at radius 1 is 1.25 bits per heavy atom. The van der Waals surface area contributed by atoms with Crippen LogP contribution in [0.5, 0.6) is 0 Å². The van der Waals surface area contributed by atoms with Crippen molar-refractivity contribution in [3.05, 3.63) is 48.2 Å². The number of carbonyl (C=O) groups is 1. The molecule has 0 N–H and O–H groups in total. The van der Waals surface area contributed by atoms with E-state index in [4.69, 9.17) is 0 Å². The first-order valence-corrected chi connectivity index (χ1v) is 6.05. The number of aromatic nitrogens is 4. The van der Waals surface area contributed by atoms with E-state index in [1.807, 2.05) is 28.8 Å². The Morgan fingerprint density at radius 3 is 2.85 bits per heavy atom. The summed E-state index contributed by atoms with van der Waals surface area (Å²) in [5.41, 5.74) is 2.47. The Bertz CT molecular complexity index is 795. The van der Waals surface area contributed by atoms with E-state index in [9.17, 15) is 4.79 Å². The van der Waals surface area contributed by atoms with E-state index in [0.29, 0.717) is 11.5 Å². The van der Waals surface area contributed by atoms with E-state index in [1.54, 1.807) is 19.3 Å². The van der Waals surface area contributed by atoms with Gasteiger partial charge in [-0.1, -0.05) is 12.1 Å². The molecule has 0 aliphatic rings. The molecule has 3 aromatic rings. The molecule has 0 bridgehead atoms. The third-order valence-electron chi connectivity index (χ3n) is 2.91. The molecular formula is C14H12N4O2. The number of esters is 1. The Hall–Kier alpha value is -2.76. The largest absolute Gasteiger partial charge is 0.463 e. The van der Waals surface area contributed by atoms with E-state index in [1.165, 1.54) is 7.11 Å². The number of nitrogens with zero attached hydrogens (tertiary/aromatic N) is 4. The molecule has 6 heteroatoms. The summed E-state index contributed by atoms with van der Waals surface area (Å²) in [7, 11) is 1.31. The molecule has 0 amide bonds. The van der Waals surface area contributed by atoms with Gasteiger partial charge in [-0.15, -0.1) is 0 Å². The van der Waals surface area contributed by atoms with Gasteiger partial charge in [-0.3, -0.25) is 4.57 Å². The monoisotopic (exact) mass is 268 g/mol. The van der Waals surface area contributed by atoms with Crippen molar-refractivity contribution in [3.8, 4) is 5.82 Å². The van der Waals surface area contributed by atoms with Gasteiger partial charge in [-0.2, -0.15) is 0 Å². The number of ether oxygens (including phenoxy) is 1. The van der Waals surface area contributed by atoms with Crippen LogP contribution >= 0.6 is 0 Å². The maximum Gasteiger partial charge on any atom is 0.376 e. The summed E-state index contributed by atoms with van der Waals surface area (Å²) in [5, 5.41) is 0. The van der Waals surface area contributed by atoms with Crippen LogP contribution in [0.3, 0.4) is 0 Å². The van der Waals surface area contributed by atoms with Crippen LogP contribution in [0.1, 0.15) is 16.3 Å². The Labute approximate surface area is 115 Å². The molecule has 3 rings (SSSR count). The molecule has 0 radical (unpaired) electrons. The van der Waals surface area contributed by atoms with E-state index in [2.05, 4.69) is 19.7 Å². The highest BCUT2D eigenvalue weighted by Crippen LogP contribution is 2.17. The molecular weight excluding hydrogens is 256 g/mol. The second kappa shape index (κ2) is 4.73. The van der Waals surface area contributed by atoms with Crippen molar-refractivity contribution in [2.45, 2.75) is 6.92 Å². The van der Waals surface area contributed by atoms with Crippen molar-refractivity contribution < 1.29 is 9.53 Å². The van der Waals surface area contributed by atoms with Crippen LogP contribution in [-0.4, -0.2) is 32.6 Å². The quantitative estimate of drug-likeness (QED) is 0.664. The molecule has 0 spiro atoms. The van der Waals surface area contributed by atoms with Crippen molar-refractivity contribution in [1.82, 2.24) is 19.5 Å². The number of aryl methyl sites for hydroxylation is 1. The highest BCUT2D eigenvalue weighted by Gasteiger charge is 2.13. The summed E-state index contributed by atoms with van der Waals surface area (Å²) in [4.78, 5) is 24.2. The molecule has 0 unspecified atom stereocenters. The standard InChI is InChI=1S/C14H12N4O2/c1-9-7-12(17-13(16-9)14(19)20-2)18-8-15-10-5-3-4-6-11(10)18/h3-8H,1-2H3. The number of rotatable bonds is 2. The number of imidazole rings is 1. The molecule has 2 aromatic heterocycles. The second-order valence-electron chi connectivity index (χ2n) is 4.29. The lowest BCUT2D eigenvalue weighted by atomic mass is 10.3. The van der Waals surface area contributed by atoms with E-state index < -0.39 is 5.97 Å². The maximum atomic E-state index is 11.6. The molecule has 100 valence electrons. The summed E-state index contributed by atoms with van der Waals surface area (Å²) in [6.07, 6.45) is 1.67. The van der Waals surface area contributed by atoms with E-state index in [-0.39, 0.29) is 5.82 Å². The normalized spacial score (nSPS) is 10.7. The minimum atomic E-state index is -0.556. The highest BCUT2D eigenvalue weighted by atomic mass is 16.5. The van der Waals surface area contributed by atoms with Crippen molar-refractivity contribution in [1.29, 1.82) is 0 Å². The Balaban J connectivity index is 2.19. The first kappa shape index (κ1) is 12.3. The number of hydrogen-bond donors (Lipinski definition) is 0. The molecule has 2 heterocycles. The molecule has 0 aliphatic heterocycles. The fraction of sp³-hybridized carbons (Fsp3) is 0.143. The second-order valence-corrected chi connectivity index (χ2v) is 4.29. The molecule has 6 nitrogen and oxygen atoms in total. The molecule has 0 fully saturated rings. The van der Waals surface area contributed by atoms with Gasteiger partial charge in [0.05, 0.1) is 18.1 Å². The molecule has 0 saturated heterocycles. The summed E-state index contributed by atoms with van der Waals surface area (Å²) in [5.74, 6) is 0.0752. The number of methoxy groups -OCH3 is 1. The average molecular weight is 268 g/mol. The zero-order valence-corrected chi connectivity index (χ0v) is 11.1. The smallest absolute Gasteiger partial charge is 0.376 e. The zero-order valence-electron chi connectivity index (χ0n) is 11.1.